The van der Waals surface area contributed by atoms with E-state index in [-0.39, 0.29) is 12.4 Å². The molecule has 0 unspecified atom stereocenters. The van der Waals surface area contributed by atoms with E-state index in [0.29, 0.717) is 0 Å². The van der Waals surface area contributed by atoms with Crippen LogP contribution in [0.2, 0.25) is 0 Å². The first kappa shape index (κ1) is 14.1. The first-order valence-corrected chi connectivity index (χ1v) is 6.94. The Morgan fingerprint density at radius 3 is 1.18 bits per heavy atom. The molecule has 0 atom stereocenters. The van der Waals surface area contributed by atoms with Crippen LogP contribution in [-0.2, 0) is 0 Å². The smallest absolute Gasteiger partial charge is 0.0314 e. The molecule has 0 saturated heterocycles. The highest BCUT2D eigenvalue weighted by molar-refractivity contribution is 8.76. The number of rotatable bonds is 3. The van der Waals surface area contributed by atoms with Gasteiger partial charge in [-0.25, -0.2) is 0 Å². The minimum absolute atomic E-state index is 0. The number of nitrogen functional groups attached to an aromatic ring is 2. The Morgan fingerprint density at radius 1 is 0.588 bits per heavy atom. The van der Waals surface area contributed by atoms with E-state index in [1.165, 1.54) is 9.79 Å². The van der Waals surface area contributed by atoms with Crippen LogP contribution in [-0.4, -0.2) is 0 Å². The molecule has 0 aliphatic heterocycles. The fourth-order valence-electron chi connectivity index (χ4n) is 1.14. The molecule has 0 saturated carbocycles. The molecule has 17 heavy (non-hydrogen) atoms. The fraction of sp³-hybridized carbons (Fsp3) is 0. The van der Waals surface area contributed by atoms with Gasteiger partial charge in [-0.05, 0) is 48.5 Å². The topological polar surface area (TPSA) is 52.0 Å². The second-order valence-corrected chi connectivity index (χ2v) is 5.58. The largest absolute Gasteiger partial charge is 0.399 e. The van der Waals surface area contributed by atoms with E-state index in [2.05, 4.69) is 0 Å². The van der Waals surface area contributed by atoms with Gasteiger partial charge in [-0.2, -0.15) is 0 Å². The van der Waals surface area contributed by atoms with Crippen LogP contribution in [0, 0.1) is 0 Å². The third kappa shape index (κ3) is 4.42. The SMILES string of the molecule is Cl.Nc1ccc(SSc2ccc(N)cc2)cc1. The first-order valence-electron chi connectivity index (χ1n) is 4.79. The Hall–Kier alpha value is -0.970. The van der Waals surface area contributed by atoms with Crippen LogP contribution in [0.25, 0.3) is 0 Å². The molecular weight excluding hydrogens is 272 g/mol. The lowest BCUT2D eigenvalue weighted by Gasteiger charge is -2.02. The van der Waals surface area contributed by atoms with Crippen LogP contribution in [0.15, 0.2) is 58.3 Å². The van der Waals surface area contributed by atoms with E-state index in [1.54, 1.807) is 21.6 Å². The summed E-state index contributed by atoms with van der Waals surface area (Å²) in [5.74, 6) is 0. The van der Waals surface area contributed by atoms with E-state index in [9.17, 15) is 0 Å². The molecule has 0 bridgehead atoms. The van der Waals surface area contributed by atoms with Crippen molar-refractivity contribution in [3.05, 3.63) is 48.5 Å². The highest BCUT2D eigenvalue weighted by atomic mass is 35.5. The molecule has 0 aliphatic carbocycles. The molecule has 5 heteroatoms. The van der Waals surface area contributed by atoms with Crippen molar-refractivity contribution < 1.29 is 0 Å². The molecule has 0 amide bonds. The fourth-order valence-corrected chi connectivity index (χ4v) is 3.07. The number of anilines is 2. The van der Waals surface area contributed by atoms with Crippen molar-refractivity contribution in [2.45, 2.75) is 9.79 Å². The number of hydrogen-bond acceptors (Lipinski definition) is 4. The first-order chi connectivity index (χ1) is 7.74. The standard InChI is InChI=1S/C12H12N2S2.ClH/c13-9-1-5-11(6-2-9)15-16-12-7-3-10(14)4-8-12;/h1-8H,13-14H2;1H. The lowest BCUT2D eigenvalue weighted by molar-refractivity contribution is 1.47. The van der Waals surface area contributed by atoms with Crippen molar-refractivity contribution in [3.8, 4) is 0 Å². The van der Waals surface area contributed by atoms with Crippen LogP contribution in [0.5, 0.6) is 0 Å². The van der Waals surface area contributed by atoms with E-state index >= 15 is 0 Å². The molecule has 0 radical (unpaired) electrons. The van der Waals surface area contributed by atoms with Gasteiger partial charge in [-0.1, -0.05) is 21.6 Å². The second kappa shape index (κ2) is 6.69. The van der Waals surface area contributed by atoms with Crippen molar-refractivity contribution in [1.82, 2.24) is 0 Å². The normalized spacial score (nSPS) is 9.65. The van der Waals surface area contributed by atoms with Gasteiger partial charge in [0.1, 0.15) is 0 Å². The van der Waals surface area contributed by atoms with Crippen LogP contribution < -0.4 is 11.5 Å². The summed E-state index contributed by atoms with van der Waals surface area (Å²) >= 11 is 0. The molecule has 0 heterocycles. The predicted molar refractivity (Wildman–Crippen MR) is 80.7 cm³/mol. The summed E-state index contributed by atoms with van der Waals surface area (Å²) < 4.78 is 0. The van der Waals surface area contributed by atoms with E-state index in [4.69, 9.17) is 11.5 Å². The molecule has 2 aromatic carbocycles. The molecule has 0 spiro atoms. The summed E-state index contributed by atoms with van der Waals surface area (Å²) in [4.78, 5) is 2.38. The third-order valence-corrected chi connectivity index (χ3v) is 4.41. The molecule has 90 valence electrons. The number of halogens is 1. The molecular formula is C12H13ClN2S2. The summed E-state index contributed by atoms with van der Waals surface area (Å²) in [6, 6.07) is 15.7. The zero-order valence-electron chi connectivity index (χ0n) is 9.00. The van der Waals surface area contributed by atoms with Crippen molar-refractivity contribution in [3.63, 3.8) is 0 Å². The number of nitrogens with two attached hydrogens (primary N) is 2. The molecule has 0 aliphatic rings. The molecule has 2 rings (SSSR count). The quantitative estimate of drug-likeness (QED) is 0.659. The van der Waals surface area contributed by atoms with Crippen LogP contribution in [0.1, 0.15) is 0 Å². The van der Waals surface area contributed by atoms with Gasteiger partial charge in [-0.15, -0.1) is 12.4 Å². The second-order valence-electron chi connectivity index (χ2n) is 3.30. The molecule has 0 aromatic heterocycles. The monoisotopic (exact) mass is 284 g/mol. The summed E-state index contributed by atoms with van der Waals surface area (Å²) in [7, 11) is 3.42. The highest BCUT2D eigenvalue weighted by Crippen LogP contribution is 2.37. The van der Waals surface area contributed by atoms with Gasteiger partial charge in [0, 0.05) is 21.2 Å². The summed E-state index contributed by atoms with van der Waals surface area (Å²) in [5, 5.41) is 0. The lowest BCUT2D eigenvalue weighted by atomic mass is 10.3. The Bertz CT molecular complexity index is 411. The Balaban J connectivity index is 0.00000144. The average molecular weight is 285 g/mol. The van der Waals surface area contributed by atoms with Crippen LogP contribution in [0.4, 0.5) is 11.4 Å². The Morgan fingerprint density at radius 2 is 0.882 bits per heavy atom. The van der Waals surface area contributed by atoms with Gasteiger partial charge in [0.15, 0.2) is 0 Å². The lowest BCUT2D eigenvalue weighted by Crippen LogP contribution is -1.82. The van der Waals surface area contributed by atoms with Gasteiger partial charge >= 0.3 is 0 Å². The van der Waals surface area contributed by atoms with Gasteiger partial charge < -0.3 is 11.5 Å². The summed E-state index contributed by atoms with van der Waals surface area (Å²) in [5.41, 5.74) is 12.8. The van der Waals surface area contributed by atoms with Crippen LogP contribution >= 0.6 is 34.0 Å². The zero-order valence-corrected chi connectivity index (χ0v) is 11.4. The summed E-state index contributed by atoms with van der Waals surface area (Å²) in [6.45, 7) is 0. The van der Waals surface area contributed by atoms with Crippen molar-refractivity contribution in [2.24, 2.45) is 0 Å². The average Bonchev–Trinajstić information content (AvgIpc) is 2.30. The maximum Gasteiger partial charge on any atom is 0.0314 e. The molecule has 0 fully saturated rings. The van der Waals surface area contributed by atoms with E-state index in [0.717, 1.165) is 11.4 Å². The Kier molecular flexibility index (Phi) is 5.55. The highest BCUT2D eigenvalue weighted by Gasteiger charge is 1.97. The maximum absolute atomic E-state index is 5.62. The van der Waals surface area contributed by atoms with Crippen molar-refractivity contribution >= 4 is 45.4 Å². The zero-order chi connectivity index (χ0) is 11.4. The van der Waals surface area contributed by atoms with Crippen LogP contribution in [0.3, 0.4) is 0 Å². The van der Waals surface area contributed by atoms with Gasteiger partial charge in [0.2, 0.25) is 0 Å². The van der Waals surface area contributed by atoms with E-state index < -0.39 is 0 Å². The summed E-state index contributed by atoms with van der Waals surface area (Å²) in [6.07, 6.45) is 0. The third-order valence-electron chi connectivity index (χ3n) is 1.99. The van der Waals surface area contributed by atoms with Crippen molar-refractivity contribution in [2.75, 3.05) is 11.5 Å². The van der Waals surface area contributed by atoms with Gasteiger partial charge in [0.25, 0.3) is 0 Å². The molecule has 2 nitrogen and oxygen atoms in total. The minimum Gasteiger partial charge on any atom is -0.399 e. The van der Waals surface area contributed by atoms with Gasteiger partial charge in [0.05, 0.1) is 0 Å². The molecule has 2 aromatic rings. The number of benzene rings is 2. The Labute approximate surface area is 115 Å². The minimum atomic E-state index is 0. The predicted octanol–water partition coefficient (Wildman–Crippen LogP) is 4.07. The van der Waals surface area contributed by atoms with Crippen molar-refractivity contribution in [1.29, 1.82) is 0 Å². The van der Waals surface area contributed by atoms with E-state index in [1.807, 2.05) is 48.5 Å². The number of hydrogen-bond donors (Lipinski definition) is 2. The van der Waals surface area contributed by atoms with Gasteiger partial charge in [-0.3, -0.25) is 0 Å². The maximum atomic E-state index is 5.62. The molecule has 4 N–H and O–H groups in total.